The van der Waals surface area contributed by atoms with Crippen molar-refractivity contribution in [2.24, 2.45) is 0 Å². The van der Waals surface area contributed by atoms with Crippen molar-refractivity contribution in [3.05, 3.63) is 35.6 Å². The summed E-state index contributed by atoms with van der Waals surface area (Å²) in [6.45, 7) is 2.43. The molecular weight excluding hydrogens is 218 g/mol. The molecule has 0 aliphatic heterocycles. The summed E-state index contributed by atoms with van der Waals surface area (Å²) in [5.74, 6) is 1.46. The van der Waals surface area contributed by atoms with Crippen molar-refractivity contribution in [1.29, 1.82) is 5.26 Å². The summed E-state index contributed by atoms with van der Waals surface area (Å²) in [6.07, 6.45) is 3.01. The minimum absolute atomic E-state index is 0.305. The van der Waals surface area contributed by atoms with E-state index < -0.39 is 0 Å². The lowest BCUT2D eigenvalue weighted by Gasteiger charge is -2.15. The average molecular weight is 229 g/mol. The van der Waals surface area contributed by atoms with Crippen LogP contribution in [0.4, 0.5) is 5.82 Å². The first-order valence-electron chi connectivity index (χ1n) is 5.04. The molecule has 0 saturated heterocycles. The van der Waals surface area contributed by atoms with E-state index in [-0.39, 0.29) is 0 Å². The number of aryl methyl sites for hydroxylation is 1. The first-order valence-corrected chi connectivity index (χ1v) is 5.04. The SMILES string of the molecule is Cc1cc(CN(C)c2cnc(C#N)cn2)no1. The highest BCUT2D eigenvalue weighted by molar-refractivity contribution is 5.36. The molecule has 0 saturated carbocycles. The number of nitriles is 1. The van der Waals surface area contributed by atoms with Gasteiger partial charge in [-0.2, -0.15) is 5.26 Å². The van der Waals surface area contributed by atoms with Gasteiger partial charge in [-0.3, -0.25) is 0 Å². The van der Waals surface area contributed by atoms with Gasteiger partial charge >= 0.3 is 0 Å². The second-order valence-electron chi connectivity index (χ2n) is 3.66. The maximum atomic E-state index is 8.62. The van der Waals surface area contributed by atoms with Crippen LogP contribution in [0, 0.1) is 18.3 Å². The van der Waals surface area contributed by atoms with E-state index >= 15 is 0 Å². The van der Waals surface area contributed by atoms with Gasteiger partial charge in [-0.1, -0.05) is 5.16 Å². The van der Waals surface area contributed by atoms with E-state index in [1.54, 1.807) is 6.20 Å². The average Bonchev–Trinajstić information content (AvgIpc) is 2.75. The van der Waals surface area contributed by atoms with E-state index in [2.05, 4.69) is 15.1 Å². The standard InChI is InChI=1S/C11H11N5O/c1-8-3-9(15-17-8)7-16(2)11-6-13-10(4-12)5-14-11/h3,5-6H,7H2,1-2H3. The Morgan fingerprint density at radius 1 is 1.41 bits per heavy atom. The minimum atomic E-state index is 0.305. The van der Waals surface area contributed by atoms with Crippen molar-refractivity contribution in [3.8, 4) is 6.07 Å². The van der Waals surface area contributed by atoms with Gasteiger partial charge in [0.15, 0.2) is 5.69 Å². The third kappa shape index (κ3) is 2.58. The Morgan fingerprint density at radius 2 is 2.24 bits per heavy atom. The molecule has 0 amide bonds. The summed E-state index contributed by atoms with van der Waals surface area (Å²) in [7, 11) is 1.88. The van der Waals surface area contributed by atoms with E-state index in [1.807, 2.05) is 31.0 Å². The van der Waals surface area contributed by atoms with Crippen molar-refractivity contribution in [1.82, 2.24) is 15.1 Å². The molecule has 86 valence electrons. The van der Waals surface area contributed by atoms with Crippen LogP contribution in [0.15, 0.2) is 23.0 Å². The zero-order valence-electron chi connectivity index (χ0n) is 9.58. The highest BCUT2D eigenvalue weighted by Crippen LogP contribution is 2.11. The molecule has 0 fully saturated rings. The van der Waals surface area contributed by atoms with Gasteiger partial charge in [-0.15, -0.1) is 0 Å². The summed E-state index contributed by atoms with van der Waals surface area (Å²) >= 11 is 0. The molecule has 0 bridgehead atoms. The van der Waals surface area contributed by atoms with Gasteiger partial charge in [0, 0.05) is 13.1 Å². The van der Waals surface area contributed by atoms with Crippen LogP contribution in [0.1, 0.15) is 17.1 Å². The zero-order valence-corrected chi connectivity index (χ0v) is 9.58. The Labute approximate surface area is 98.5 Å². The normalized spacial score (nSPS) is 9.94. The summed E-state index contributed by atoms with van der Waals surface area (Å²) in [5.41, 5.74) is 1.13. The maximum absolute atomic E-state index is 8.62. The second-order valence-corrected chi connectivity index (χ2v) is 3.66. The molecule has 0 spiro atoms. The number of nitrogens with zero attached hydrogens (tertiary/aromatic N) is 5. The highest BCUT2D eigenvalue weighted by Gasteiger charge is 2.07. The van der Waals surface area contributed by atoms with Crippen molar-refractivity contribution in [2.45, 2.75) is 13.5 Å². The number of anilines is 1. The van der Waals surface area contributed by atoms with Crippen molar-refractivity contribution < 1.29 is 4.52 Å². The highest BCUT2D eigenvalue weighted by atomic mass is 16.5. The van der Waals surface area contributed by atoms with E-state index in [1.165, 1.54) is 6.20 Å². The van der Waals surface area contributed by atoms with Crippen LogP contribution in [0.5, 0.6) is 0 Å². The van der Waals surface area contributed by atoms with Gasteiger partial charge < -0.3 is 9.42 Å². The summed E-state index contributed by atoms with van der Waals surface area (Å²) < 4.78 is 4.98. The molecule has 2 aromatic heterocycles. The number of hydrogen-bond acceptors (Lipinski definition) is 6. The van der Waals surface area contributed by atoms with E-state index in [4.69, 9.17) is 9.78 Å². The molecule has 2 rings (SSSR count). The number of rotatable bonds is 3. The summed E-state index contributed by atoms with van der Waals surface area (Å²) in [4.78, 5) is 9.97. The maximum Gasteiger partial charge on any atom is 0.158 e. The van der Waals surface area contributed by atoms with Gasteiger partial charge in [0.25, 0.3) is 0 Å². The molecular formula is C11H11N5O. The van der Waals surface area contributed by atoms with Crippen LogP contribution in [0.3, 0.4) is 0 Å². The predicted molar refractivity (Wildman–Crippen MR) is 60.1 cm³/mol. The molecule has 0 aliphatic rings. The van der Waals surface area contributed by atoms with Crippen LogP contribution < -0.4 is 4.90 Å². The van der Waals surface area contributed by atoms with Crippen molar-refractivity contribution in [3.63, 3.8) is 0 Å². The minimum Gasteiger partial charge on any atom is -0.361 e. The monoisotopic (exact) mass is 229 g/mol. The van der Waals surface area contributed by atoms with Crippen LogP contribution in [0.25, 0.3) is 0 Å². The lowest BCUT2D eigenvalue weighted by molar-refractivity contribution is 0.390. The van der Waals surface area contributed by atoms with Crippen LogP contribution in [-0.4, -0.2) is 22.2 Å². The Kier molecular flexibility index (Phi) is 3.01. The van der Waals surface area contributed by atoms with Crippen molar-refractivity contribution >= 4 is 5.82 Å². The van der Waals surface area contributed by atoms with Crippen LogP contribution in [-0.2, 0) is 6.54 Å². The van der Waals surface area contributed by atoms with Gasteiger partial charge in [0.1, 0.15) is 23.3 Å². The molecule has 6 heteroatoms. The smallest absolute Gasteiger partial charge is 0.158 e. The summed E-state index contributed by atoms with van der Waals surface area (Å²) in [6, 6.07) is 3.80. The number of hydrogen-bond donors (Lipinski definition) is 0. The molecule has 2 aromatic rings. The first-order chi connectivity index (χ1) is 8.19. The Bertz CT molecular complexity index is 540. The van der Waals surface area contributed by atoms with E-state index in [0.717, 1.165) is 11.5 Å². The molecule has 0 aromatic carbocycles. The van der Waals surface area contributed by atoms with Crippen LogP contribution in [0.2, 0.25) is 0 Å². The molecule has 0 radical (unpaired) electrons. The fourth-order valence-corrected chi connectivity index (χ4v) is 1.39. The number of aromatic nitrogens is 3. The van der Waals surface area contributed by atoms with Crippen molar-refractivity contribution in [2.75, 3.05) is 11.9 Å². The van der Waals surface area contributed by atoms with Crippen LogP contribution >= 0.6 is 0 Å². The van der Waals surface area contributed by atoms with E-state index in [9.17, 15) is 0 Å². The molecule has 6 nitrogen and oxygen atoms in total. The zero-order chi connectivity index (χ0) is 12.3. The predicted octanol–water partition coefficient (Wildman–Crippen LogP) is 1.28. The fourth-order valence-electron chi connectivity index (χ4n) is 1.39. The Morgan fingerprint density at radius 3 is 2.76 bits per heavy atom. The second kappa shape index (κ2) is 4.61. The van der Waals surface area contributed by atoms with Gasteiger partial charge in [0.05, 0.1) is 18.9 Å². The van der Waals surface area contributed by atoms with Gasteiger partial charge in [0.2, 0.25) is 0 Å². The molecule has 0 unspecified atom stereocenters. The molecule has 0 atom stereocenters. The molecule has 2 heterocycles. The summed E-state index contributed by atoms with van der Waals surface area (Å²) in [5, 5.41) is 12.5. The molecule has 0 aliphatic carbocycles. The van der Waals surface area contributed by atoms with Gasteiger partial charge in [-0.05, 0) is 6.92 Å². The van der Waals surface area contributed by atoms with Gasteiger partial charge in [-0.25, -0.2) is 9.97 Å². The largest absolute Gasteiger partial charge is 0.361 e. The van der Waals surface area contributed by atoms with E-state index in [0.29, 0.717) is 18.1 Å². The quantitative estimate of drug-likeness (QED) is 0.788. The molecule has 17 heavy (non-hydrogen) atoms. The third-order valence-corrected chi connectivity index (χ3v) is 2.22. The Hall–Kier alpha value is -2.42. The first kappa shape index (κ1) is 11.1. The Balaban J connectivity index is 2.09. The third-order valence-electron chi connectivity index (χ3n) is 2.22. The topological polar surface area (TPSA) is 78.8 Å². The fraction of sp³-hybridized carbons (Fsp3) is 0.273. The molecule has 0 N–H and O–H groups in total. The lowest BCUT2D eigenvalue weighted by Crippen LogP contribution is -2.18. The lowest BCUT2D eigenvalue weighted by atomic mass is 10.3.